The SMILES string of the molecule is CC[C@](C)(O)C[C@@H]1C[C@@H]1[C@](C(=O)OC)(c1cc2c(cc1OC)N(C)[C@H]1[C@@](O)(C(=O)NNC(=O)OCCSSC[C@H](NC(=O)[C@H](Cc3cn(CCOS(=O)(=O)O)nn3)NC(=O)[C@H](CC(=O)O)NC)C(=O)O)[C@H](O)[C@]3(CC)C=CCN4CC[C@]21[C@@H]43)c1[nH]c2ccccc2c1CCNC. The number of fused-ring (bicyclic) bond motifs is 2. The number of benzene rings is 2. The maximum Gasteiger partial charge on any atom is 0.426 e. The maximum atomic E-state index is 15.7. The Kier molecular flexibility index (Phi) is 22.5. The molecule has 4 aromatic rings. The highest BCUT2D eigenvalue weighted by Crippen LogP contribution is 2.69. The van der Waals surface area contributed by atoms with E-state index in [4.69, 9.17) is 18.8 Å². The standard InChI is InChI=1S/C62H86N12O19S3/c1-9-58(3,85)31-34-26-38(34)61(56(83)91-8,48-37(16-19-63-4)36-14-11-12-15-41(36)65-48)40-28-39-45(30-46(40)90-7)72(6)53-60(39)18-21-73-20-13-17-59(10-2,52(60)73)54(81)62(53,86)55(82)69-70-57(84)92-24-25-94-95-33-44(51(79)80)67-50(78)43(66-49(77)42(64-5)29-47(75)76)27-35-32-74(71-68-35)22-23-93-96(87,88)89/h11-15,17,28,30,32,34,38,42-44,52-54,63-65,81,85-86H,9-10,16,18-27,29,31,33H2,1-8H3,(H,66,77)(H,67,78)(H,69,82)(H,70,84)(H,75,76)(H,79,80)(H,87,88,89)/t34-,38-,42-,43-,44-,52-,53+,54+,58-,59+,60+,61-,62-/m0/s1. The summed E-state index contributed by atoms with van der Waals surface area (Å²) in [7, 11) is 5.08. The largest absolute Gasteiger partial charge is 0.496 e. The predicted octanol–water partition coefficient (Wildman–Crippen LogP) is 0.696. The van der Waals surface area contributed by atoms with Crippen LogP contribution in [0.25, 0.3) is 10.9 Å². The molecule has 13 N–H and O–H groups in total. The third-order valence-corrected chi connectivity index (χ3v) is 22.7. The van der Waals surface area contributed by atoms with E-state index in [0.717, 1.165) is 42.7 Å². The lowest BCUT2D eigenvalue weighted by atomic mass is 9.47. The number of carboxylic acid groups (broad SMARTS) is 2. The molecule has 96 heavy (non-hydrogen) atoms. The van der Waals surface area contributed by atoms with E-state index in [1.54, 1.807) is 18.9 Å². The van der Waals surface area contributed by atoms with Crippen LogP contribution in [0.3, 0.4) is 0 Å². The molecule has 526 valence electrons. The first-order chi connectivity index (χ1) is 45.6. The van der Waals surface area contributed by atoms with Crippen LogP contribution >= 0.6 is 21.6 Å². The molecule has 2 aromatic carbocycles. The number of nitrogens with zero attached hydrogens (tertiary/aromatic N) is 5. The number of aromatic nitrogens is 4. The highest BCUT2D eigenvalue weighted by atomic mass is 33.1. The van der Waals surface area contributed by atoms with Gasteiger partial charge in [-0.2, -0.15) is 8.42 Å². The number of carbonyl (C=O) groups is 7. The zero-order valence-corrected chi connectivity index (χ0v) is 57.0. The monoisotopic (exact) mass is 1400 g/mol. The molecule has 3 aliphatic heterocycles. The fourth-order valence-electron chi connectivity index (χ4n) is 15.4. The molecule has 4 amide bonds. The van der Waals surface area contributed by atoms with Crippen LogP contribution in [0.5, 0.6) is 5.75 Å². The summed E-state index contributed by atoms with van der Waals surface area (Å²) >= 11 is 0. The minimum Gasteiger partial charge on any atom is -0.496 e. The lowest BCUT2D eigenvalue weighted by molar-refractivity contribution is -0.204. The second-order valence-corrected chi connectivity index (χ2v) is 29.1. The Balaban J connectivity index is 0.932. The van der Waals surface area contributed by atoms with Gasteiger partial charge in [-0.3, -0.25) is 38.9 Å². The number of carboxylic acids is 2. The van der Waals surface area contributed by atoms with Gasteiger partial charge in [0.05, 0.1) is 57.2 Å². The Hall–Kier alpha value is -7.12. The number of carbonyl (C=O) groups excluding carboxylic acids is 5. The summed E-state index contributed by atoms with van der Waals surface area (Å²) in [4.78, 5) is 103. The van der Waals surface area contributed by atoms with E-state index in [9.17, 15) is 57.9 Å². The number of anilines is 1. The molecule has 5 aliphatic rings. The van der Waals surface area contributed by atoms with Crippen molar-refractivity contribution in [3.05, 3.63) is 82.8 Å². The summed E-state index contributed by atoms with van der Waals surface area (Å²) in [6.07, 6.45) is 3.72. The fourth-order valence-corrected chi connectivity index (χ4v) is 17.7. The molecule has 2 aliphatic carbocycles. The van der Waals surface area contributed by atoms with Gasteiger partial charge in [-0.1, -0.05) is 71.0 Å². The van der Waals surface area contributed by atoms with Crippen LogP contribution in [0.4, 0.5) is 10.5 Å². The van der Waals surface area contributed by atoms with E-state index in [1.807, 2.05) is 69.4 Å². The van der Waals surface area contributed by atoms with E-state index >= 15 is 9.59 Å². The van der Waals surface area contributed by atoms with Gasteiger partial charge in [0.2, 0.25) is 11.8 Å². The summed E-state index contributed by atoms with van der Waals surface area (Å²) in [6.45, 7) is 6.14. The van der Waals surface area contributed by atoms with E-state index in [2.05, 4.69) is 56.5 Å². The van der Waals surface area contributed by atoms with Crippen molar-refractivity contribution in [2.45, 2.75) is 137 Å². The molecule has 0 bridgehead atoms. The second-order valence-electron chi connectivity index (χ2n) is 25.3. The van der Waals surface area contributed by atoms with Gasteiger partial charge in [-0.15, -0.1) is 5.10 Å². The Morgan fingerprint density at radius 2 is 1.70 bits per heavy atom. The third kappa shape index (κ3) is 14.0. The molecule has 0 radical (unpaired) electrons. The smallest absolute Gasteiger partial charge is 0.426 e. The van der Waals surface area contributed by atoms with Crippen LogP contribution < -0.4 is 41.8 Å². The number of aliphatic carboxylic acids is 2. The number of hydrogen-bond donors (Lipinski definition) is 13. The fraction of sp³-hybridized carbons (Fsp3) is 0.597. The van der Waals surface area contributed by atoms with Crippen molar-refractivity contribution in [3.8, 4) is 5.75 Å². The van der Waals surface area contributed by atoms with E-state index < -0.39 is 141 Å². The molecule has 13 atom stereocenters. The lowest BCUT2D eigenvalue weighted by Gasteiger charge is -2.63. The molecular formula is C62H86N12O19S3. The number of para-hydroxylation sites is 1. The zero-order chi connectivity index (χ0) is 69.9. The van der Waals surface area contributed by atoms with Crippen LogP contribution in [-0.2, 0) is 83.0 Å². The van der Waals surface area contributed by atoms with Crippen molar-refractivity contribution < 1.29 is 90.5 Å². The number of H-pyrrole nitrogens is 1. The number of esters is 1. The average Bonchev–Trinajstić information content (AvgIpc) is 1.45. The highest BCUT2D eigenvalue weighted by Gasteiger charge is 2.79. The van der Waals surface area contributed by atoms with Crippen molar-refractivity contribution in [2.75, 3.05) is 84.6 Å². The molecule has 1 spiro atoms. The maximum absolute atomic E-state index is 15.7. The van der Waals surface area contributed by atoms with Crippen molar-refractivity contribution in [3.63, 3.8) is 0 Å². The van der Waals surface area contributed by atoms with E-state index in [-0.39, 0.29) is 42.7 Å². The summed E-state index contributed by atoms with van der Waals surface area (Å²) in [5.74, 6) is -6.85. The molecular weight excluding hydrogens is 1310 g/mol. The van der Waals surface area contributed by atoms with E-state index in [0.29, 0.717) is 80.0 Å². The summed E-state index contributed by atoms with van der Waals surface area (Å²) in [5, 5.41) is 77.0. The van der Waals surface area contributed by atoms with Gasteiger partial charge in [0.15, 0.2) is 5.60 Å². The molecule has 9 rings (SSSR count). The molecule has 2 aromatic heterocycles. The first kappa shape index (κ1) is 73.1. The van der Waals surface area contributed by atoms with Gasteiger partial charge in [0.25, 0.3) is 5.91 Å². The highest BCUT2D eigenvalue weighted by molar-refractivity contribution is 8.76. The summed E-state index contributed by atoms with van der Waals surface area (Å²) in [5.41, 5.74) is 1.06. The van der Waals surface area contributed by atoms with Crippen LogP contribution in [0.2, 0.25) is 0 Å². The average molecular weight is 1400 g/mol. The number of likely N-dealkylation sites (N-methyl/N-ethyl adjacent to an activating group) is 3. The Morgan fingerprint density at radius 1 is 0.969 bits per heavy atom. The number of aromatic amines is 1. The van der Waals surface area contributed by atoms with Gasteiger partial charge in [0.1, 0.15) is 36.0 Å². The zero-order valence-electron chi connectivity index (χ0n) is 54.6. The number of hydrazine groups is 1. The Morgan fingerprint density at radius 3 is 2.36 bits per heavy atom. The van der Waals surface area contributed by atoms with Crippen LogP contribution in [0.15, 0.2) is 54.7 Å². The molecule has 2 saturated carbocycles. The number of ether oxygens (including phenoxy) is 3. The lowest BCUT2D eigenvalue weighted by Crippen LogP contribution is -2.82. The number of hydrogen-bond acceptors (Lipinski definition) is 24. The van der Waals surface area contributed by atoms with Gasteiger partial charge in [-0.25, -0.2) is 23.9 Å². The number of aliphatic hydroxyl groups excluding tert-OH is 1. The van der Waals surface area contributed by atoms with E-state index in [1.165, 1.54) is 27.5 Å². The topological polar surface area (TPSA) is 437 Å². The number of amides is 4. The van der Waals surface area contributed by atoms with Gasteiger partial charge in [0, 0.05) is 88.5 Å². The van der Waals surface area contributed by atoms with Crippen LogP contribution in [-0.4, -0.2) is 232 Å². The van der Waals surface area contributed by atoms with Crippen molar-refractivity contribution >= 4 is 90.3 Å². The van der Waals surface area contributed by atoms with Gasteiger partial charge in [-0.05, 0) is 108 Å². The Labute approximate surface area is 562 Å². The molecule has 34 heteroatoms. The van der Waals surface area contributed by atoms with Crippen LogP contribution in [0.1, 0.15) is 87.4 Å². The van der Waals surface area contributed by atoms with Crippen molar-refractivity contribution in [1.29, 1.82) is 0 Å². The third-order valence-electron chi connectivity index (χ3n) is 19.9. The minimum atomic E-state index is -4.76. The summed E-state index contributed by atoms with van der Waals surface area (Å²) in [6, 6.07) is 5.56. The first-order valence-electron chi connectivity index (χ1n) is 31.6. The number of nitrogens with one attached hydrogen (secondary N) is 7. The van der Waals surface area contributed by atoms with Gasteiger partial charge < -0.3 is 70.9 Å². The first-order valence-corrected chi connectivity index (χ1v) is 35.5. The predicted molar refractivity (Wildman–Crippen MR) is 351 cm³/mol. The molecule has 0 unspecified atom stereocenters. The molecule has 1 saturated heterocycles. The minimum absolute atomic E-state index is 0.0473. The normalized spacial score (nSPS) is 25.4. The molecule has 5 heterocycles. The number of methoxy groups -OCH3 is 2. The Bertz CT molecular complexity index is 3720. The van der Waals surface area contributed by atoms with Crippen molar-refractivity contribution in [2.24, 2.45) is 17.3 Å². The van der Waals surface area contributed by atoms with Gasteiger partial charge >= 0.3 is 34.4 Å². The molecule has 3 fully saturated rings. The molecule has 31 nitrogen and oxygen atoms in total. The summed E-state index contributed by atoms with van der Waals surface area (Å²) < 4.78 is 54.0. The second kappa shape index (κ2) is 29.5. The quantitative estimate of drug-likeness (QED) is 0.00779. The number of rotatable bonds is 33. The van der Waals surface area contributed by atoms with Crippen molar-refractivity contribution in [1.82, 2.24) is 57.0 Å². The number of aliphatic hydroxyl groups is 3. The van der Waals surface area contributed by atoms with Crippen LogP contribution in [0, 0.1) is 17.3 Å².